The van der Waals surface area contributed by atoms with E-state index in [0.29, 0.717) is 36.6 Å². The highest BCUT2D eigenvalue weighted by molar-refractivity contribution is 6.12. The number of nitrogen functional groups attached to an aromatic ring is 1. The highest BCUT2D eigenvalue weighted by Crippen LogP contribution is 2.29. The highest BCUT2D eigenvalue weighted by Gasteiger charge is 2.25. The first-order valence-electron chi connectivity index (χ1n) is 12.9. The molecular weight excluding hydrogens is 504 g/mol. The Labute approximate surface area is 225 Å². The van der Waals surface area contributed by atoms with Crippen LogP contribution in [0.1, 0.15) is 18.1 Å². The second kappa shape index (κ2) is 11.3. The van der Waals surface area contributed by atoms with E-state index in [0.717, 1.165) is 43.9 Å². The molecule has 13 nitrogen and oxygen atoms in total. The van der Waals surface area contributed by atoms with E-state index in [1.54, 1.807) is 11.7 Å². The number of amides is 2. The maximum atomic E-state index is 11.8. The van der Waals surface area contributed by atoms with E-state index in [-0.39, 0.29) is 36.2 Å². The van der Waals surface area contributed by atoms with Gasteiger partial charge in [-0.3, -0.25) is 28.9 Å². The van der Waals surface area contributed by atoms with Crippen molar-refractivity contribution in [3.63, 3.8) is 0 Å². The number of aromatic hydroxyl groups is 1. The fraction of sp³-hybridized carbons (Fsp3) is 0.423. The van der Waals surface area contributed by atoms with Gasteiger partial charge in [-0.2, -0.15) is 15.0 Å². The number of benzene rings is 1. The Kier molecular flexibility index (Phi) is 7.61. The van der Waals surface area contributed by atoms with Gasteiger partial charge in [-0.15, -0.1) is 0 Å². The van der Waals surface area contributed by atoms with E-state index in [2.05, 4.69) is 24.8 Å². The smallest absolute Gasteiger partial charge is 0.320 e. The predicted molar refractivity (Wildman–Crippen MR) is 142 cm³/mol. The van der Waals surface area contributed by atoms with Crippen molar-refractivity contribution in [2.45, 2.75) is 20.0 Å². The first kappa shape index (κ1) is 26.4. The van der Waals surface area contributed by atoms with E-state index < -0.39 is 0 Å². The minimum absolute atomic E-state index is 0.126. The Morgan fingerprint density at radius 3 is 2.38 bits per heavy atom. The van der Waals surface area contributed by atoms with E-state index in [1.165, 1.54) is 17.1 Å². The molecule has 0 spiro atoms. The fourth-order valence-electron chi connectivity index (χ4n) is 4.84. The molecule has 1 saturated heterocycles. The maximum Gasteiger partial charge on any atom is 0.320 e. The van der Waals surface area contributed by atoms with E-state index >= 15 is 0 Å². The van der Waals surface area contributed by atoms with Gasteiger partial charge in [0.2, 0.25) is 0 Å². The summed E-state index contributed by atoms with van der Waals surface area (Å²) < 4.78 is 12.6. The third-order valence-corrected chi connectivity index (χ3v) is 6.95. The van der Waals surface area contributed by atoms with Gasteiger partial charge in [0.25, 0.3) is 17.8 Å². The Morgan fingerprint density at radius 2 is 1.69 bits per heavy atom. The number of aromatic nitrogens is 4. The standard InChI is InChI=1S/C26H32N8O5/c1-3-39-25-29-23(27)22-24(30-25)34(26(37)28-22)16-18-5-4-17(14-19(18)38-2)15-32-10-8-31(9-11-32)12-13-33-20(35)6-7-21(33)36/h4-7,14H,3,8-13,15-16H2,1-2H3,(H,28,37)(H2,27,29,30). The number of carbonyl (C=O) groups is 2. The molecule has 2 aliphatic rings. The average Bonchev–Trinajstić information content (AvgIpc) is 3.42. The number of fused-ring (bicyclic) bond motifs is 1. The van der Waals surface area contributed by atoms with Crippen LogP contribution in [0, 0.1) is 0 Å². The Balaban J connectivity index is 1.22. The SMILES string of the molecule is CCOc1nc(N)c2nc(O)n(Cc3ccc(CN4CCN(CCN5C(=O)C=CC5=O)CC4)cc3OC)c2n1. The molecule has 0 saturated carbocycles. The van der Waals surface area contributed by atoms with Crippen LogP contribution in [0.5, 0.6) is 17.8 Å². The topological polar surface area (TPSA) is 152 Å². The molecule has 206 valence electrons. The lowest BCUT2D eigenvalue weighted by Gasteiger charge is -2.35. The average molecular weight is 537 g/mol. The molecule has 3 aromatic rings. The number of nitrogens with two attached hydrogens (primary N) is 1. The van der Waals surface area contributed by atoms with Crippen LogP contribution >= 0.6 is 0 Å². The lowest BCUT2D eigenvalue weighted by Crippen LogP contribution is -2.48. The zero-order valence-corrected chi connectivity index (χ0v) is 22.0. The second-order valence-corrected chi connectivity index (χ2v) is 9.42. The van der Waals surface area contributed by atoms with Gasteiger partial charge in [0.15, 0.2) is 17.0 Å². The molecule has 0 bridgehead atoms. The third kappa shape index (κ3) is 5.64. The number of hydrogen-bond acceptors (Lipinski definition) is 11. The predicted octanol–water partition coefficient (Wildman–Crippen LogP) is 0.612. The van der Waals surface area contributed by atoms with Crippen LogP contribution in [-0.2, 0) is 22.7 Å². The lowest BCUT2D eigenvalue weighted by atomic mass is 10.1. The third-order valence-electron chi connectivity index (χ3n) is 6.95. The normalized spacial score (nSPS) is 16.5. The number of imide groups is 1. The molecule has 3 N–H and O–H groups in total. The number of methoxy groups -OCH3 is 1. The quantitative estimate of drug-likeness (QED) is 0.351. The van der Waals surface area contributed by atoms with Crippen molar-refractivity contribution in [1.82, 2.24) is 34.2 Å². The van der Waals surface area contributed by atoms with Crippen LogP contribution in [0.3, 0.4) is 0 Å². The van der Waals surface area contributed by atoms with Crippen LogP contribution < -0.4 is 15.2 Å². The van der Waals surface area contributed by atoms with Gasteiger partial charge >= 0.3 is 6.01 Å². The summed E-state index contributed by atoms with van der Waals surface area (Å²) in [5.74, 6) is 0.350. The number of hydrogen-bond donors (Lipinski definition) is 2. The van der Waals surface area contributed by atoms with Crippen molar-refractivity contribution in [2.24, 2.45) is 0 Å². The van der Waals surface area contributed by atoms with Crippen LogP contribution in [0.2, 0.25) is 0 Å². The van der Waals surface area contributed by atoms with Crippen molar-refractivity contribution >= 4 is 28.8 Å². The Morgan fingerprint density at radius 1 is 0.974 bits per heavy atom. The summed E-state index contributed by atoms with van der Waals surface area (Å²) in [6.07, 6.45) is 2.64. The number of carbonyl (C=O) groups excluding carboxylic acids is 2. The maximum absolute atomic E-state index is 11.8. The lowest BCUT2D eigenvalue weighted by molar-refractivity contribution is -0.137. The summed E-state index contributed by atoms with van der Waals surface area (Å²) in [4.78, 5) is 42.0. The summed E-state index contributed by atoms with van der Waals surface area (Å²) in [7, 11) is 1.62. The molecule has 2 amide bonds. The van der Waals surface area contributed by atoms with E-state index in [1.807, 2.05) is 25.1 Å². The van der Waals surface area contributed by atoms with Gasteiger partial charge in [0.05, 0.1) is 20.3 Å². The van der Waals surface area contributed by atoms with Crippen molar-refractivity contribution in [3.05, 3.63) is 41.5 Å². The van der Waals surface area contributed by atoms with E-state index in [9.17, 15) is 14.7 Å². The molecule has 0 unspecified atom stereocenters. The van der Waals surface area contributed by atoms with Gasteiger partial charge < -0.3 is 20.3 Å². The van der Waals surface area contributed by atoms with Crippen molar-refractivity contribution in [3.8, 4) is 17.8 Å². The fourth-order valence-corrected chi connectivity index (χ4v) is 4.84. The van der Waals surface area contributed by atoms with Crippen LogP contribution in [0.15, 0.2) is 30.4 Å². The zero-order chi connectivity index (χ0) is 27.5. The minimum Gasteiger partial charge on any atom is -0.496 e. The highest BCUT2D eigenvalue weighted by atomic mass is 16.5. The molecule has 39 heavy (non-hydrogen) atoms. The number of rotatable bonds is 10. The van der Waals surface area contributed by atoms with Crippen molar-refractivity contribution in [1.29, 1.82) is 0 Å². The molecule has 1 aromatic carbocycles. The molecule has 13 heteroatoms. The van der Waals surface area contributed by atoms with Crippen LogP contribution in [-0.4, -0.2) is 104 Å². The number of nitrogens with zero attached hydrogens (tertiary/aromatic N) is 7. The molecule has 0 aliphatic carbocycles. The second-order valence-electron chi connectivity index (χ2n) is 9.42. The number of anilines is 1. The minimum atomic E-state index is -0.236. The molecule has 1 fully saturated rings. The molecule has 2 aliphatic heterocycles. The van der Waals surface area contributed by atoms with Crippen LogP contribution in [0.25, 0.3) is 11.2 Å². The summed E-state index contributed by atoms with van der Waals surface area (Å²) in [6, 6.07) is 5.93. The first-order chi connectivity index (χ1) is 18.9. The van der Waals surface area contributed by atoms with Crippen molar-refractivity contribution < 1.29 is 24.2 Å². The van der Waals surface area contributed by atoms with Crippen molar-refractivity contribution in [2.75, 3.05) is 58.7 Å². The number of piperazine rings is 1. The summed E-state index contributed by atoms with van der Waals surface area (Å²) >= 11 is 0. The van der Waals surface area contributed by atoms with Gasteiger partial charge in [-0.1, -0.05) is 12.1 Å². The Hall–Kier alpha value is -4.23. The first-order valence-corrected chi connectivity index (χ1v) is 12.9. The number of imidazole rings is 1. The Bertz CT molecular complexity index is 1400. The molecule has 5 rings (SSSR count). The molecule has 2 aromatic heterocycles. The summed E-state index contributed by atoms with van der Waals surface area (Å²) in [5.41, 5.74) is 8.64. The van der Waals surface area contributed by atoms with E-state index in [4.69, 9.17) is 15.2 Å². The van der Waals surface area contributed by atoms with Crippen LogP contribution in [0.4, 0.5) is 5.82 Å². The molecule has 0 atom stereocenters. The molecule has 4 heterocycles. The van der Waals surface area contributed by atoms with Gasteiger partial charge in [-0.05, 0) is 18.6 Å². The zero-order valence-electron chi connectivity index (χ0n) is 22.0. The summed E-state index contributed by atoms with van der Waals surface area (Å²) in [6.45, 7) is 7.80. The van der Waals surface area contributed by atoms with Gasteiger partial charge in [0.1, 0.15) is 5.75 Å². The largest absolute Gasteiger partial charge is 0.496 e. The number of ether oxygens (including phenoxy) is 2. The molecular formula is C26H32N8O5. The van der Waals surface area contributed by atoms with Gasteiger partial charge in [-0.25, -0.2) is 0 Å². The monoisotopic (exact) mass is 536 g/mol. The molecule has 0 radical (unpaired) electrons. The van der Waals surface area contributed by atoms with Gasteiger partial charge in [0, 0.05) is 63.5 Å². The summed E-state index contributed by atoms with van der Waals surface area (Å²) in [5, 5.41) is 10.5.